The molecule has 1 amide bonds. The second-order valence-corrected chi connectivity index (χ2v) is 7.76. The molecule has 1 aromatic carbocycles. The summed E-state index contributed by atoms with van der Waals surface area (Å²) in [7, 11) is 1.65. The van der Waals surface area contributed by atoms with Crippen molar-refractivity contribution < 1.29 is 14.6 Å². The van der Waals surface area contributed by atoms with Crippen molar-refractivity contribution in [2.75, 3.05) is 26.0 Å². The van der Waals surface area contributed by atoms with E-state index in [0.717, 1.165) is 17.1 Å². The van der Waals surface area contributed by atoms with Gasteiger partial charge in [0.25, 0.3) is 0 Å². The Bertz CT molecular complexity index is 526. The SMILES string of the molecule is COc1cccc(C2(C(C)(C)C)CN(C(=O)O)CCS2)c1. The zero-order valence-corrected chi connectivity index (χ0v) is 13.9. The lowest BCUT2D eigenvalue weighted by Gasteiger charge is -2.50. The molecule has 1 aromatic rings. The highest BCUT2D eigenvalue weighted by Gasteiger charge is 2.48. The van der Waals surface area contributed by atoms with Gasteiger partial charge in [-0.25, -0.2) is 4.79 Å². The van der Waals surface area contributed by atoms with E-state index in [9.17, 15) is 9.90 Å². The van der Waals surface area contributed by atoms with Crippen molar-refractivity contribution in [1.29, 1.82) is 0 Å². The minimum atomic E-state index is -0.841. The molecule has 1 fully saturated rings. The first-order valence-corrected chi connectivity index (χ1v) is 8.05. The molecule has 1 aliphatic rings. The van der Waals surface area contributed by atoms with E-state index in [1.807, 2.05) is 30.0 Å². The monoisotopic (exact) mass is 309 g/mol. The maximum absolute atomic E-state index is 11.4. The van der Waals surface area contributed by atoms with Crippen LogP contribution in [0.1, 0.15) is 26.3 Å². The van der Waals surface area contributed by atoms with Crippen LogP contribution in [0.2, 0.25) is 0 Å². The molecule has 21 heavy (non-hydrogen) atoms. The van der Waals surface area contributed by atoms with Crippen molar-refractivity contribution in [2.45, 2.75) is 25.5 Å². The number of benzene rings is 1. The van der Waals surface area contributed by atoms with Gasteiger partial charge in [-0.3, -0.25) is 0 Å². The third-order valence-corrected chi connectivity index (χ3v) is 6.00. The Kier molecular flexibility index (Phi) is 4.42. The Balaban J connectivity index is 2.49. The standard InChI is InChI=1S/C16H23NO3S/c1-15(2,3)16(11-17(14(18)19)8-9-21-16)12-6-5-7-13(10-12)20-4/h5-7,10H,8-9,11H2,1-4H3,(H,18,19). The largest absolute Gasteiger partial charge is 0.497 e. The third kappa shape index (κ3) is 2.98. The van der Waals surface area contributed by atoms with Gasteiger partial charge in [-0.05, 0) is 23.1 Å². The lowest BCUT2D eigenvalue weighted by atomic mass is 9.75. The fourth-order valence-electron chi connectivity index (χ4n) is 2.82. The summed E-state index contributed by atoms with van der Waals surface area (Å²) in [4.78, 5) is 12.9. The Labute approximate surface area is 130 Å². The van der Waals surface area contributed by atoms with Gasteiger partial charge in [0, 0.05) is 18.8 Å². The molecule has 2 rings (SSSR count). The molecule has 1 aliphatic heterocycles. The number of hydrogen-bond donors (Lipinski definition) is 1. The minimum absolute atomic E-state index is 0.0713. The predicted molar refractivity (Wildman–Crippen MR) is 86.2 cm³/mol. The van der Waals surface area contributed by atoms with Gasteiger partial charge in [-0.15, -0.1) is 11.8 Å². The second kappa shape index (κ2) is 5.79. The number of nitrogens with zero attached hydrogens (tertiary/aromatic N) is 1. The molecule has 1 heterocycles. The van der Waals surface area contributed by atoms with Crippen LogP contribution >= 0.6 is 11.8 Å². The van der Waals surface area contributed by atoms with Gasteiger partial charge >= 0.3 is 6.09 Å². The number of thioether (sulfide) groups is 1. The van der Waals surface area contributed by atoms with Crippen LogP contribution in [0.4, 0.5) is 4.79 Å². The molecule has 5 heteroatoms. The normalized spacial score (nSPS) is 23.0. The molecule has 1 unspecified atom stereocenters. The summed E-state index contributed by atoms with van der Waals surface area (Å²) >= 11 is 1.85. The van der Waals surface area contributed by atoms with Gasteiger partial charge in [-0.1, -0.05) is 32.9 Å². The molecule has 116 valence electrons. The topological polar surface area (TPSA) is 49.8 Å². The van der Waals surface area contributed by atoms with Crippen molar-refractivity contribution in [3.63, 3.8) is 0 Å². The number of carbonyl (C=O) groups is 1. The van der Waals surface area contributed by atoms with Crippen LogP contribution in [0, 0.1) is 5.41 Å². The summed E-state index contributed by atoms with van der Waals surface area (Å²) < 4.78 is 5.07. The molecule has 0 spiro atoms. The first-order chi connectivity index (χ1) is 9.80. The maximum Gasteiger partial charge on any atom is 0.407 e. The zero-order chi connectivity index (χ0) is 15.7. The van der Waals surface area contributed by atoms with Crippen molar-refractivity contribution >= 4 is 17.9 Å². The second-order valence-electron chi connectivity index (χ2n) is 6.36. The zero-order valence-electron chi connectivity index (χ0n) is 13.0. The quantitative estimate of drug-likeness (QED) is 0.905. The van der Waals surface area contributed by atoms with Crippen LogP contribution in [-0.2, 0) is 4.75 Å². The average Bonchev–Trinajstić information content (AvgIpc) is 2.46. The van der Waals surface area contributed by atoms with Gasteiger partial charge in [-0.2, -0.15) is 0 Å². The number of amides is 1. The summed E-state index contributed by atoms with van der Waals surface area (Å²) in [6.07, 6.45) is -0.841. The average molecular weight is 309 g/mol. The highest BCUT2D eigenvalue weighted by atomic mass is 32.2. The highest BCUT2D eigenvalue weighted by molar-refractivity contribution is 8.00. The molecule has 4 nitrogen and oxygen atoms in total. The molecule has 0 aliphatic carbocycles. The molecular formula is C16H23NO3S. The summed E-state index contributed by atoms with van der Waals surface area (Å²) in [6.45, 7) is 7.60. The third-order valence-electron chi connectivity index (χ3n) is 4.14. The minimum Gasteiger partial charge on any atom is -0.497 e. The smallest absolute Gasteiger partial charge is 0.407 e. The summed E-state index contributed by atoms with van der Waals surface area (Å²) in [6, 6.07) is 8.00. The van der Waals surface area contributed by atoms with Gasteiger partial charge in [0.1, 0.15) is 5.75 Å². The molecule has 1 atom stereocenters. The van der Waals surface area contributed by atoms with Crippen LogP contribution in [0.15, 0.2) is 24.3 Å². The fraction of sp³-hybridized carbons (Fsp3) is 0.562. The maximum atomic E-state index is 11.4. The van der Waals surface area contributed by atoms with E-state index in [-0.39, 0.29) is 10.2 Å². The molecule has 0 radical (unpaired) electrons. The van der Waals surface area contributed by atoms with Crippen molar-refractivity contribution in [2.24, 2.45) is 5.41 Å². The van der Waals surface area contributed by atoms with E-state index in [1.165, 1.54) is 4.90 Å². The van der Waals surface area contributed by atoms with Gasteiger partial charge in [0.05, 0.1) is 11.9 Å². The van der Waals surface area contributed by atoms with E-state index >= 15 is 0 Å². The van der Waals surface area contributed by atoms with Crippen LogP contribution in [-0.4, -0.2) is 42.1 Å². The predicted octanol–water partition coefficient (Wildman–Crippen LogP) is 3.66. The molecule has 1 saturated heterocycles. The Morgan fingerprint density at radius 2 is 2.14 bits per heavy atom. The van der Waals surface area contributed by atoms with Crippen molar-refractivity contribution in [3.05, 3.63) is 29.8 Å². The molecule has 0 saturated carbocycles. The van der Waals surface area contributed by atoms with Crippen LogP contribution in [0.5, 0.6) is 5.75 Å². The summed E-state index contributed by atoms with van der Waals surface area (Å²) in [5.74, 6) is 1.62. The van der Waals surface area contributed by atoms with Crippen LogP contribution in [0.3, 0.4) is 0 Å². The molecule has 0 aromatic heterocycles. The lowest BCUT2D eigenvalue weighted by molar-refractivity contribution is 0.124. The summed E-state index contributed by atoms with van der Waals surface area (Å²) in [5, 5.41) is 9.38. The van der Waals surface area contributed by atoms with E-state index in [0.29, 0.717) is 13.1 Å². The van der Waals surface area contributed by atoms with E-state index < -0.39 is 6.09 Å². The Morgan fingerprint density at radius 3 is 2.71 bits per heavy atom. The number of carboxylic acid groups (broad SMARTS) is 1. The van der Waals surface area contributed by atoms with E-state index in [1.54, 1.807) is 7.11 Å². The van der Waals surface area contributed by atoms with Gasteiger partial charge in [0.2, 0.25) is 0 Å². The van der Waals surface area contributed by atoms with E-state index in [4.69, 9.17) is 4.74 Å². The van der Waals surface area contributed by atoms with Gasteiger partial charge < -0.3 is 14.7 Å². The van der Waals surface area contributed by atoms with Crippen molar-refractivity contribution in [3.8, 4) is 5.75 Å². The van der Waals surface area contributed by atoms with Gasteiger partial charge in [0.15, 0.2) is 0 Å². The lowest BCUT2D eigenvalue weighted by Crippen LogP contribution is -2.52. The highest BCUT2D eigenvalue weighted by Crippen LogP contribution is 2.52. The number of methoxy groups -OCH3 is 1. The number of hydrogen-bond acceptors (Lipinski definition) is 3. The van der Waals surface area contributed by atoms with Crippen LogP contribution < -0.4 is 4.74 Å². The number of rotatable bonds is 2. The molecule has 0 bridgehead atoms. The van der Waals surface area contributed by atoms with Crippen molar-refractivity contribution in [1.82, 2.24) is 4.90 Å². The first-order valence-electron chi connectivity index (χ1n) is 7.06. The molecular weight excluding hydrogens is 286 g/mol. The van der Waals surface area contributed by atoms with Crippen LogP contribution in [0.25, 0.3) is 0 Å². The summed E-state index contributed by atoms with van der Waals surface area (Å²) in [5.41, 5.74) is 1.06. The number of ether oxygens (including phenoxy) is 1. The fourth-order valence-corrected chi connectivity index (χ4v) is 4.46. The Morgan fingerprint density at radius 1 is 1.43 bits per heavy atom. The molecule has 1 N–H and O–H groups in total. The first kappa shape index (κ1) is 16.0. The van der Waals surface area contributed by atoms with E-state index in [2.05, 4.69) is 26.8 Å². The Hall–Kier alpha value is -1.36.